The predicted molar refractivity (Wildman–Crippen MR) is 85.6 cm³/mol. The molecule has 0 aliphatic carbocycles. The maximum atomic E-state index is 12.1. The number of rotatable bonds is 6. The van der Waals surface area contributed by atoms with E-state index in [4.69, 9.17) is 4.74 Å². The number of hydrogen-bond donors (Lipinski definition) is 2. The van der Waals surface area contributed by atoms with Crippen molar-refractivity contribution in [2.75, 3.05) is 25.0 Å². The monoisotopic (exact) mass is 290 g/mol. The van der Waals surface area contributed by atoms with Crippen LogP contribution in [-0.2, 0) is 4.79 Å². The van der Waals surface area contributed by atoms with Gasteiger partial charge in [0.1, 0.15) is 5.75 Å². The zero-order valence-electron chi connectivity index (χ0n) is 13.0. The van der Waals surface area contributed by atoms with E-state index in [1.54, 1.807) is 0 Å². The van der Waals surface area contributed by atoms with E-state index in [0.29, 0.717) is 24.9 Å². The van der Waals surface area contributed by atoms with E-state index in [0.717, 1.165) is 24.5 Å². The minimum Gasteiger partial charge on any atom is -0.494 e. The maximum Gasteiger partial charge on any atom is 0.224 e. The quantitative estimate of drug-likeness (QED) is 0.846. The van der Waals surface area contributed by atoms with Gasteiger partial charge in [0.2, 0.25) is 5.91 Å². The molecule has 1 aliphatic heterocycles. The third kappa shape index (κ3) is 5.05. The van der Waals surface area contributed by atoms with Crippen LogP contribution in [0.15, 0.2) is 24.3 Å². The van der Waals surface area contributed by atoms with Crippen molar-refractivity contribution in [3.8, 4) is 5.75 Å². The van der Waals surface area contributed by atoms with Crippen molar-refractivity contribution in [3.05, 3.63) is 24.3 Å². The Morgan fingerprint density at radius 2 is 2.19 bits per heavy atom. The predicted octanol–water partition coefficient (Wildman–Crippen LogP) is 3.05. The van der Waals surface area contributed by atoms with E-state index < -0.39 is 0 Å². The van der Waals surface area contributed by atoms with Crippen LogP contribution in [0.5, 0.6) is 5.75 Å². The zero-order valence-corrected chi connectivity index (χ0v) is 13.0. The summed E-state index contributed by atoms with van der Waals surface area (Å²) < 4.78 is 5.39. The van der Waals surface area contributed by atoms with Crippen LogP contribution >= 0.6 is 0 Å². The highest BCUT2D eigenvalue weighted by atomic mass is 16.5. The van der Waals surface area contributed by atoms with Gasteiger partial charge in [0.05, 0.1) is 6.61 Å². The number of piperidine rings is 1. The van der Waals surface area contributed by atoms with Crippen LogP contribution < -0.4 is 15.4 Å². The number of amides is 1. The second-order valence-electron chi connectivity index (χ2n) is 5.79. The van der Waals surface area contributed by atoms with E-state index >= 15 is 0 Å². The third-order valence-corrected chi connectivity index (χ3v) is 4.10. The van der Waals surface area contributed by atoms with Crippen LogP contribution in [0.3, 0.4) is 0 Å². The summed E-state index contributed by atoms with van der Waals surface area (Å²) in [7, 11) is 0. The van der Waals surface area contributed by atoms with Crippen LogP contribution in [0.1, 0.15) is 33.1 Å². The molecule has 0 radical (unpaired) electrons. The Bertz CT molecular complexity index is 439. The first kappa shape index (κ1) is 15.8. The average Bonchev–Trinajstić information content (AvgIpc) is 2.50. The highest BCUT2D eigenvalue weighted by Gasteiger charge is 2.21. The second-order valence-corrected chi connectivity index (χ2v) is 5.79. The topological polar surface area (TPSA) is 50.4 Å². The fraction of sp³-hybridized carbons (Fsp3) is 0.588. The summed E-state index contributed by atoms with van der Waals surface area (Å²) in [6.45, 7) is 6.93. The van der Waals surface area contributed by atoms with Gasteiger partial charge in [-0.05, 0) is 69.0 Å². The molecule has 2 rings (SSSR count). The summed E-state index contributed by atoms with van der Waals surface area (Å²) in [5.41, 5.74) is 0.831. The number of benzene rings is 1. The number of nitrogens with one attached hydrogen (secondary N) is 2. The van der Waals surface area contributed by atoms with Crippen molar-refractivity contribution in [2.45, 2.75) is 33.1 Å². The zero-order chi connectivity index (χ0) is 15.1. The Balaban J connectivity index is 1.80. The van der Waals surface area contributed by atoms with Gasteiger partial charge in [-0.2, -0.15) is 0 Å². The molecule has 0 bridgehead atoms. The van der Waals surface area contributed by atoms with Crippen LogP contribution in [0.25, 0.3) is 0 Å². The fourth-order valence-corrected chi connectivity index (χ4v) is 2.84. The molecule has 1 heterocycles. The standard InChI is InChI=1S/C17H26N2O2/c1-3-21-16-8-6-15(7-9-16)19-17(20)11-13(2)14-5-4-10-18-12-14/h6-9,13-14,18H,3-5,10-12H2,1-2H3,(H,19,20). The SMILES string of the molecule is CCOc1ccc(NC(=O)CC(C)C2CCCNC2)cc1. The van der Waals surface area contributed by atoms with Gasteiger partial charge >= 0.3 is 0 Å². The summed E-state index contributed by atoms with van der Waals surface area (Å²) in [6.07, 6.45) is 3.03. The minimum absolute atomic E-state index is 0.0947. The van der Waals surface area contributed by atoms with Crippen molar-refractivity contribution in [1.82, 2.24) is 5.32 Å². The molecule has 1 aromatic carbocycles. The van der Waals surface area contributed by atoms with Gasteiger partial charge in [-0.1, -0.05) is 6.92 Å². The maximum absolute atomic E-state index is 12.1. The molecule has 4 nitrogen and oxygen atoms in total. The van der Waals surface area contributed by atoms with Gasteiger partial charge in [-0.15, -0.1) is 0 Å². The molecular formula is C17H26N2O2. The second kappa shape index (κ2) is 8.03. The lowest BCUT2D eigenvalue weighted by Crippen LogP contribution is -2.34. The van der Waals surface area contributed by atoms with Gasteiger partial charge in [0.25, 0.3) is 0 Å². The lowest BCUT2D eigenvalue weighted by atomic mass is 9.85. The summed E-state index contributed by atoms with van der Waals surface area (Å²) in [5, 5.41) is 6.38. The van der Waals surface area contributed by atoms with Crippen molar-refractivity contribution in [3.63, 3.8) is 0 Å². The van der Waals surface area contributed by atoms with Crippen molar-refractivity contribution in [2.24, 2.45) is 11.8 Å². The normalized spacial score (nSPS) is 19.8. The summed E-state index contributed by atoms with van der Waals surface area (Å²) >= 11 is 0. The van der Waals surface area contributed by atoms with Crippen molar-refractivity contribution in [1.29, 1.82) is 0 Å². The molecule has 1 saturated heterocycles. The first-order valence-corrected chi connectivity index (χ1v) is 7.92. The molecule has 21 heavy (non-hydrogen) atoms. The summed E-state index contributed by atoms with van der Waals surface area (Å²) in [6, 6.07) is 7.53. The van der Waals surface area contributed by atoms with E-state index in [9.17, 15) is 4.79 Å². The van der Waals surface area contributed by atoms with E-state index in [1.165, 1.54) is 12.8 Å². The summed E-state index contributed by atoms with van der Waals surface area (Å²) in [5.74, 6) is 1.96. The Morgan fingerprint density at radius 1 is 1.43 bits per heavy atom. The molecule has 2 unspecified atom stereocenters. The van der Waals surface area contributed by atoms with Gasteiger partial charge in [-0.3, -0.25) is 4.79 Å². The Hall–Kier alpha value is -1.55. The highest BCUT2D eigenvalue weighted by Crippen LogP contribution is 2.23. The van der Waals surface area contributed by atoms with Crippen LogP contribution in [0.4, 0.5) is 5.69 Å². The summed E-state index contributed by atoms with van der Waals surface area (Å²) in [4.78, 5) is 12.1. The molecule has 0 spiro atoms. The number of carbonyl (C=O) groups is 1. The number of carbonyl (C=O) groups excluding carboxylic acids is 1. The first-order valence-electron chi connectivity index (χ1n) is 7.92. The first-order chi connectivity index (χ1) is 10.2. The molecule has 1 fully saturated rings. The van der Waals surface area contributed by atoms with Crippen molar-refractivity contribution >= 4 is 11.6 Å². The lowest BCUT2D eigenvalue weighted by molar-refractivity contribution is -0.117. The number of anilines is 1. The molecule has 1 aromatic rings. The third-order valence-electron chi connectivity index (χ3n) is 4.10. The average molecular weight is 290 g/mol. The Morgan fingerprint density at radius 3 is 2.81 bits per heavy atom. The van der Waals surface area contributed by atoms with Crippen LogP contribution in [-0.4, -0.2) is 25.6 Å². The smallest absolute Gasteiger partial charge is 0.224 e. The largest absolute Gasteiger partial charge is 0.494 e. The van der Waals surface area contributed by atoms with Gasteiger partial charge in [-0.25, -0.2) is 0 Å². The van der Waals surface area contributed by atoms with Crippen LogP contribution in [0.2, 0.25) is 0 Å². The minimum atomic E-state index is 0.0947. The van der Waals surface area contributed by atoms with Crippen LogP contribution in [0, 0.1) is 11.8 Å². The lowest BCUT2D eigenvalue weighted by Gasteiger charge is -2.28. The highest BCUT2D eigenvalue weighted by molar-refractivity contribution is 5.90. The van der Waals surface area contributed by atoms with Gasteiger partial charge < -0.3 is 15.4 Å². The molecule has 0 saturated carbocycles. The number of ether oxygens (including phenoxy) is 1. The van der Waals surface area contributed by atoms with Gasteiger partial charge in [0, 0.05) is 12.1 Å². The van der Waals surface area contributed by atoms with E-state index in [1.807, 2.05) is 31.2 Å². The number of hydrogen-bond acceptors (Lipinski definition) is 3. The molecule has 116 valence electrons. The van der Waals surface area contributed by atoms with E-state index in [2.05, 4.69) is 17.6 Å². The Kier molecular flexibility index (Phi) is 6.05. The molecule has 1 aliphatic rings. The molecule has 1 amide bonds. The molecule has 2 atom stereocenters. The molecule has 0 aromatic heterocycles. The molecular weight excluding hydrogens is 264 g/mol. The fourth-order valence-electron chi connectivity index (χ4n) is 2.84. The Labute approximate surface area is 127 Å². The molecule has 2 N–H and O–H groups in total. The van der Waals surface area contributed by atoms with Gasteiger partial charge in [0.15, 0.2) is 0 Å². The van der Waals surface area contributed by atoms with Crippen molar-refractivity contribution < 1.29 is 9.53 Å². The van der Waals surface area contributed by atoms with E-state index in [-0.39, 0.29) is 5.91 Å². The molecule has 4 heteroatoms.